The van der Waals surface area contributed by atoms with Gasteiger partial charge in [-0.15, -0.1) is 11.6 Å². The van der Waals surface area contributed by atoms with E-state index in [1.807, 2.05) is 6.92 Å². The zero-order valence-electron chi connectivity index (χ0n) is 9.09. The molecular weight excluding hydrogens is 275 g/mol. The fourth-order valence-corrected chi connectivity index (χ4v) is 3.21. The van der Waals surface area contributed by atoms with Crippen molar-refractivity contribution in [2.24, 2.45) is 0 Å². The Balaban J connectivity index is 2.13. The summed E-state index contributed by atoms with van der Waals surface area (Å²) in [6.07, 6.45) is 5.09. The molecule has 0 unspecified atom stereocenters. The molecule has 1 fully saturated rings. The van der Waals surface area contributed by atoms with Gasteiger partial charge in [0.2, 0.25) is 0 Å². The quantitative estimate of drug-likeness (QED) is 0.688. The van der Waals surface area contributed by atoms with Crippen molar-refractivity contribution >= 4 is 27.5 Å². The molecule has 3 atom stereocenters. The third kappa shape index (κ3) is 2.26. The maximum Gasteiger partial charge on any atom is 0.104 e. The minimum absolute atomic E-state index is 0.0891. The second kappa shape index (κ2) is 4.14. The first-order valence-corrected chi connectivity index (χ1v) is 6.67. The lowest BCUT2D eigenvalue weighted by Gasteiger charge is -2.37. The fraction of sp³-hybridized carbons (Fsp3) is 0.667. The van der Waals surface area contributed by atoms with Crippen LogP contribution in [0.1, 0.15) is 43.4 Å². The molecule has 84 valence electrons. The largest absolute Gasteiger partial charge is 0.469 e. The average Bonchev–Trinajstić information content (AvgIpc) is 2.57. The van der Waals surface area contributed by atoms with E-state index in [-0.39, 0.29) is 4.87 Å². The molecule has 3 heteroatoms. The van der Waals surface area contributed by atoms with Gasteiger partial charge in [-0.25, -0.2) is 0 Å². The molecule has 2 rings (SSSR count). The molecule has 0 saturated heterocycles. The van der Waals surface area contributed by atoms with Gasteiger partial charge in [-0.2, -0.15) is 0 Å². The first-order valence-electron chi connectivity index (χ1n) is 5.37. The van der Waals surface area contributed by atoms with E-state index in [1.54, 1.807) is 6.26 Å². The molecule has 0 aromatic carbocycles. The van der Waals surface area contributed by atoms with Crippen molar-refractivity contribution in [3.05, 3.63) is 23.7 Å². The van der Waals surface area contributed by atoms with Crippen LogP contribution in [0.2, 0.25) is 0 Å². The summed E-state index contributed by atoms with van der Waals surface area (Å²) in [6, 6.07) is 2.09. The van der Waals surface area contributed by atoms with Crippen LogP contribution in [0.15, 0.2) is 16.7 Å². The highest BCUT2D eigenvalue weighted by Gasteiger charge is 2.37. The van der Waals surface area contributed by atoms with Crippen LogP contribution in [0, 0.1) is 6.92 Å². The molecule has 0 N–H and O–H groups in total. The smallest absolute Gasteiger partial charge is 0.104 e. The second-order valence-electron chi connectivity index (χ2n) is 4.65. The predicted octanol–water partition coefficient (Wildman–Crippen LogP) is 4.62. The van der Waals surface area contributed by atoms with Gasteiger partial charge in [0.1, 0.15) is 5.76 Å². The maximum atomic E-state index is 6.42. The van der Waals surface area contributed by atoms with Gasteiger partial charge in [-0.1, -0.05) is 15.9 Å². The molecule has 0 bridgehead atoms. The number of halogens is 2. The zero-order chi connectivity index (χ0) is 11.1. The van der Waals surface area contributed by atoms with Gasteiger partial charge in [-0.05, 0) is 50.7 Å². The fourth-order valence-electron chi connectivity index (χ4n) is 2.33. The normalized spacial score (nSPS) is 36.8. The summed E-state index contributed by atoms with van der Waals surface area (Å²) in [4.78, 5) is 0.299. The number of aryl methyl sites for hydroxylation is 1. The van der Waals surface area contributed by atoms with E-state index < -0.39 is 0 Å². The van der Waals surface area contributed by atoms with E-state index in [0.29, 0.717) is 10.7 Å². The van der Waals surface area contributed by atoms with Crippen molar-refractivity contribution in [1.29, 1.82) is 0 Å². The summed E-state index contributed by atoms with van der Waals surface area (Å²) in [5.74, 6) is 1.65. The molecule has 0 aliphatic heterocycles. The van der Waals surface area contributed by atoms with Gasteiger partial charge < -0.3 is 4.42 Å². The van der Waals surface area contributed by atoms with E-state index in [2.05, 4.69) is 28.9 Å². The molecule has 1 aliphatic rings. The summed E-state index contributed by atoms with van der Waals surface area (Å²) >= 11 is 10.1. The maximum absolute atomic E-state index is 6.42. The Hall–Kier alpha value is 0.0500. The number of furan rings is 1. The van der Waals surface area contributed by atoms with Gasteiger partial charge in [0.25, 0.3) is 0 Å². The Morgan fingerprint density at radius 2 is 2.33 bits per heavy atom. The first-order chi connectivity index (χ1) is 7.00. The SMILES string of the molecule is Cc1occc1[C@H]1CC[C@](C)(Cl)[C@@H](Br)C1. The molecule has 1 saturated carbocycles. The van der Waals surface area contributed by atoms with E-state index in [4.69, 9.17) is 16.0 Å². The number of hydrogen-bond donors (Lipinski definition) is 0. The molecule has 0 radical (unpaired) electrons. The van der Waals surface area contributed by atoms with Crippen LogP contribution in [0.25, 0.3) is 0 Å². The van der Waals surface area contributed by atoms with Crippen molar-refractivity contribution in [2.75, 3.05) is 0 Å². The minimum atomic E-state index is -0.0891. The van der Waals surface area contributed by atoms with E-state index in [1.165, 1.54) is 5.56 Å². The minimum Gasteiger partial charge on any atom is -0.469 e. The summed E-state index contributed by atoms with van der Waals surface area (Å²) < 4.78 is 5.36. The zero-order valence-corrected chi connectivity index (χ0v) is 11.4. The van der Waals surface area contributed by atoms with Crippen molar-refractivity contribution < 1.29 is 4.42 Å². The van der Waals surface area contributed by atoms with Gasteiger partial charge in [-0.3, -0.25) is 0 Å². The van der Waals surface area contributed by atoms with Crippen LogP contribution >= 0.6 is 27.5 Å². The Labute approximate surface area is 104 Å². The molecule has 1 aromatic rings. The highest BCUT2D eigenvalue weighted by Crippen LogP contribution is 2.45. The second-order valence-corrected chi connectivity index (χ2v) is 6.62. The Morgan fingerprint density at radius 1 is 1.60 bits per heavy atom. The molecule has 1 aliphatic carbocycles. The topological polar surface area (TPSA) is 13.1 Å². The van der Waals surface area contributed by atoms with Gasteiger partial charge in [0.05, 0.1) is 11.1 Å². The highest BCUT2D eigenvalue weighted by atomic mass is 79.9. The molecule has 0 spiro atoms. The predicted molar refractivity (Wildman–Crippen MR) is 67.0 cm³/mol. The van der Waals surface area contributed by atoms with Crippen LogP contribution in [-0.4, -0.2) is 9.70 Å². The monoisotopic (exact) mass is 290 g/mol. The Bertz CT molecular complexity index is 345. The number of hydrogen-bond acceptors (Lipinski definition) is 1. The molecule has 1 aromatic heterocycles. The number of rotatable bonds is 1. The Kier molecular flexibility index (Phi) is 3.18. The lowest BCUT2D eigenvalue weighted by atomic mass is 9.79. The van der Waals surface area contributed by atoms with Gasteiger partial charge >= 0.3 is 0 Å². The molecule has 1 heterocycles. The van der Waals surface area contributed by atoms with Crippen LogP contribution in [0.5, 0.6) is 0 Å². The molecule has 15 heavy (non-hydrogen) atoms. The third-order valence-electron chi connectivity index (χ3n) is 3.46. The van der Waals surface area contributed by atoms with Crippen LogP contribution in [0.3, 0.4) is 0 Å². The van der Waals surface area contributed by atoms with Crippen molar-refractivity contribution in [1.82, 2.24) is 0 Å². The summed E-state index contributed by atoms with van der Waals surface area (Å²) in [5.41, 5.74) is 1.35. The van der Waals surface area contributed by atoms with Crippen molar-refractivity contribution in [3.63, 3.8) is 0 Å². The highest BCUT2D eigenvalue weighted by molar-refractivity contribution is 9.09. The van der Waals surface area contributed by atoms with Crippen LogP contribution in [0.4, 0.5) is 0 Å². The standard InChI is InChI=1S/C12H16BrClO/c1-8-10(4-6-15-8)9-3-5-12(2,14)11(13)7-9/h4,6,9,11H,3,5,7H2,1-2H3/t9-,11-,12-/m0/s1. The van der Waals surface area contributed by atoms with Gasteiger partial charge in [0, 0.05) is 4.83 Å². The third-order valence-corrected chi connectivity index (χ3v) is 5.57. The van der Waals surface area contributed by atoms with E-state index in [0.717, 1.165) is 25.0 Å². The first kappa shape index (κ1) is 11.5. The van der Waals surface area contributed by atoms with Crippen LogP contribution < -0.4 is 0 Å². The van der Waals surface area contributed by atoms with Crippen molar-refractivity contribution in [2.45, 2.75) is 48.7 Å². The average molecular weight is 292 g/mol. The van der Waals surface area contributed by atoms with Crippen LogP contribution in [-0.2, 0) is 0 Å². The summed E-state index contributed by atoms with van der Waals surface area (Å²) in [5, 5.41) is 0. The Morgan fingerprint density at radius 3 is 2.87 bits per heavy atom. The van der Waals surface area contributed by atoms with Gasteiger partial charge in [0.15, 0.2) is 0 Å². The molecule has 0 amide bonds. The lowest BCUT2D eigenvalue weighted by Crippen LogP contribution is -2.35. The lowest BCUT2D eigenvalue weighted by molar-refractivity contribution is 0.383. The molecule has 1 nitrogen and oxygen atoms in total. The summed E-state index contributed by atoms with van der Waals surface area (Å²) in [6.45, 7) is 4.15. The van der Waals surface area contributed by atoms with E-state index in [9.17, 15) is 0 Å². The number of alkyl halides is 2. The summed E-state index contributed by atoms with van der Waals surface area (Å²) in [7, 11) is 0. The molecular formula is C12H16BrClO. The van der Waals surface area contributed by atoms with Crippen molar-refractivity contribution in [3.8, 4) is 0 Å². The van der Waals surface area contributed by atoms with E-state index >= 15 is 0 Å².